The van der Waals surface area contributed by atoms with E-state index in [4.69, 9.17) is 9.47 Å². The van der Waals surface area contributed by atoms with Crippen molar-refractivity contribution in [2.24, 2.45) is 0 Å². The van der Waals surface area contributed by atoms with Gasteiger partial charge in [-0.2, -0.15) is 0 Å². The zero-order chi connectivity index (χ0) is 15.9. The van der Waals surface area contributed by atoms with Crippen LogP contribution in [0.15, 0.2) is 18.2 Å². The molecule has 1 aromatic carbocycles. The Balaban J connectivity index is 2.59. The van der Waals surface area contributed by atoms with Crippen molar-refractivity contribution in [1.29, 1.82) is 0 Å². The van der Waals surface area contributed by atoms with Gasteiger partial charge in [0, 0.05) is 5.56 Å². The molecule has 0 saturated carbocycles. The van der Waals surface area contributed by atoms with Crippen LogP contribution in [0.25, 0.3) is 0 Å². The number of nitrogens with one attached hydrogen (secondary N) is 1. The summed E-state index contributed by atoms with van der Waals surface area (Å²) >= 11 is 0. The predicted octanol–water partition coefficient (Wildman–Crippen LogP) is 2.38. The van der Waals surface area contributed by atoms with Crippen molar-refractivity contribution in [2.45, 2.75) is 26.4 Å². The van der Waals surface area contributed by atoms with Gasteiger partial charge < -0.3 is 14.8 Å². The molecule has 0 radical (unpaired) electrons. The highest BCUT2D eigenvalue weighted by Crippen LogP contribution is 2.17. The van der Waals surface area contributed by atoms with E-state index >= 15 is 0 Å². The van der Waals surface area contributed by atoms with Gasteiger partial charge in [-0.1, -0.05) is 11.8 Å². The molecule has 0 unspecified atom stereocenters. The van der Waals surface area contributed by atoms with Crippen LogP contribution in [0.2, 0.25) is 0 Å². The first-order valence-corrected chi connectivity index (χ1v) is 6.44. The number of rotatable bonds is 3. The van der Waals surface area contributed by atoms with Crippen molar-refractivity contribution in [3.63, 3.8) is 0 Å². The van der Waals surface area contributed by atoms with Crippen LogP contribution in [0.3, 0.4) is 0 Å². The molecule has 1 N–H and O–H groups in total. The molecule has 0 atom stereocenters. The monoisotopic (exact) mass is 289 g/mol. The molecule has 5 nitrogen and oxygen atoms in total. The predicted molar refractivity (Wildman–Crippen MR) is 79.5 cm³/mol. The van der Waals surface area contributed by atoms with Crippen LogP contribution >= 0.6 is 0 Å². The maximum absolute atomic E-state index is 11.4. The minimum atomic E-state index is -0.532. The van der Waals surface area contributed by atoms with Crippen LogP contribution in [0.4, 0.5) is 4.79 Å². The summed E-state index contributed by atoms with van der Waals surface area (Å²) in [6.45, 7) is 5.55. The smallest absolute Gasteiger partial charge is 0.408 e. The number of carbonyl (C=O) groups excluding carboxylic acids is 2. The first kappa shape index (κ1) is 16.6. The molecule has 0 spiro atoms. The Hall–Kier alpha value is -2.48. The maximum atomic E-state index is 11.4. The van der Waals surface area contributed by atoms with Crippen LogP contribution in [0, 0.1) is 11.8 Å². The molecule has 21 heavy (non-hydrogen) atoms. The molecule has 5 heteroatoms. The first-order chi connectivity index (χ1) is 9.85. The standard InChI is InChI=1S/C16H19NO4/c1-16(2,3)21-15(19)17-9-5-6-12-7-8-13(11-18)14(10-12)20-4/h7-8,10-11H,9H2,1-4H3,(H,17,19). The third-order valence-electron chi connectivity index (χ3n) is 2.31. The molecule has 0 aliphatic rings. The summed E-state index contributed by atoms with van der Waals surface area (Å²) in [7, 11) is 1.49. The maximum Gasteiger partial charge on any atom is 0.408 e. The molecule has 0 fully saturated rings. The molecule has 0 heterocycles. The van der Waals surface area contributed by atoms with Crippen molar-refractivity contribution < 1.29 is 19.1 Å². The van der Waals surface area contributed by atoms with Crippen molar-refractivity contribution in [1.82, 2.24) is 5.32 Å². The number of hydrogen-bond acceptors (Lipinski definition) is 4. The fourth-order valence-corrected chi connectivity index (χ4v) is 1.46. The summed E-state index contributed by atoms with van der Waals surface area (Å²) in [6.07, 6.45) is 0.214. The van der Waals surface area contributed by atoms with Gasteiger partial charge in [0.1, 0.15) is 11.4 Å². The Morgan fingerprint density at radius 3 is 2.67 bits per heavy atom. The van der Waals surface area contributed by atoms with Gasteiger partial charge in [0.15, 0.2) is 6.29 Å². The van der Waals surface area contributed by atoms with E-state index in [1.165, 1.54) is 7.11 Å². The van der Waals surface area contributed by atoms with Crippen molar-refractivity contribution in [2.75, 3.05) is 13.7 Å². The second-order valence-electron chi connectivity index (χ2n) is 5.23. The first-order valence-electron chi connectivity index (χ1n) is 6.44. The SMILES string of the molecule is COc1cc(C#CCNC(=O)OC(C)(C)C)ccc1C=O. The average Bonchev–Trinajstić information content (AvgIpc) is 2.41. The van der Waals surface area contributed by atoms with Crippen LogP contribution in [0.5, 0.6) is 5.75 Å². The van der Waals surface area contributed by atoms with E-state index in [-0.39, 0.29) is 6.54 Å². The highest BCUT2D eigenvalue weighted by atomic mass is 16.6. The number of benzene rings is 1. The molecule has 1 amide bonds. The van der Waals surface area contributed by atoms with E-state index in [9.17, 15) is 9.59 Å². The van der Waals surface area contributed by atoms with Gasteiger partial charge in [0.2, 0.25) is 0 Å². The topological polar surface area (TPSA) is 64.6 Å². The molecule has 1 aromatic rings. The van der Waals surface area contributed by atoms with E-state index in [1.54, 1.807) is 39.0 Å². The van der Waals surface area contributed by atoms with Crippen molar-refractivity contribution >= 4 is 12.4 Å². The second-order valence-corrected chi connectivity index (χ2v) is 5.23. The second kappa shape index (κ2) is 7.34. The zero-order valence-corrected chi connectivity index (χ0v) is 12.6. The fourth-order valence-electron chi connectivity index (χ4n) is 1.46. The Labute approximate surface area is 124 Å². The quantitative estimate of drug-likeness (QED) is 0.685. The van der Waals surface area contributed by atoms with Crippen LogP contribution < -0.4 is 10.1 Å². The molecule has 112 valence electrons. The van der Waals surface area contributed by atoms with E-state index in [0.29, 0.717) is 16.9 Å². The van der Waals surface area contributed by atoms with Crippen LogP contribution in [-0.4, -0.2) is 31.6 Å². The van der Waals surface area contributed by atoms with Gasteiger partial charge >= 0.3 is 6.09 Å². The summed E-state index contributed by atoms with van der Waals surface area (Å²) in [6, 6.07) is 5.02. The number of carbonyl (C=O) groups is 2. The lowest BCUT2D eigenvalue weighted by molar-refractivity contribution is 0.0535. The highest BCUT2D eigenvalue weighted by Gasteiger charge is 2.14. The van der Waals surface area contributed by atoms with Crippen LogP contribution in [-0.2, 0) is 4.74 Å². The number of hydrogen-bond donors (Lipinski definition) is 1. The van der Waals surface area contributed by atoms with E-state index in [1.807, 2.05) is 0 Å². The Bertz CT molecular complexity index is 576. The molecular formula is C16H19NO4. The molecule has 0 saturated heterocycles. The molecule has 0 aliphatic heterocycles. The Morgan fingerprint density at radius 2 is 2.10 bits per heavy atom. The van der Waals surface area contributed by atoms with Crippen molar-refractivity contribution in [3.05, 3.63) is 29.3 Å². The minimum Gasteiger partial charge on any atom is -0.496 e. The summed E-state index contributed by atoms with van der Waals surface area (Å²) in [5, 5.41) is 2.54. The summed E-state index contributed by atoms with van der Waals surface area (Å²) in [4.78, 5) is 22.2. The Kier molecular flexibility index (Phi) is 5.79. The number of amides is 1. The summed E-state index contributed by atoms with van der Waals surface area (Å²) in [5.74, 6) is 6.14. The van der Waals surface area contributed by atoms with E-state index in [2.05, 4.69) is 17.2 Å². The lowest BCUT2D eigenvalue weighted by atomic mass is 10.1. The van der Waals surface area contributed by atoms with Gasteiger partial charge in [-0.05, 0) is 39.0 Å². The highest BCUT2D eigenvalue weighted by molar-refractivity contribution is 5.79. The van der Waals surface area contributed by atoms with E-state index < -0.39 is 11.7 Å². The van der Waals surface area contributed by atoms with E-state index in [0.717, 1.165) is 6.29 Å². The Morgan fingerprint density at radius 1 is 1.38 bits per heavy atom. The molecule has 0 aliphatic carbocycles. The molecular weight excluding hydrogens is 270 g/mol. The van der Waals surface area contributed by atoms with Gasteiger partial charge in [-0.25, -0.2) is 4.79 Å². The molecule has 0 bridgehead atoms. The third-order valence-corrected chi connectivity index (χ3v) is 2.31. The fraction of sp³-hybridized carbons (Fsp3) is 0.375. The van der Waals surface area contributed by atoms with Crippen molar-refractivity contribution in [3.8, 4) is 17.6 Å². The average molecular weight is 289 g/mol. The third kappa shape index (κ3) is 6.00. The number of aldehydes is 1. The van der Waals surface area contributed by atoms with Gasteiger partial charge in [0.05, 0.1) is 19.2 Å². The summed E-state index contributed by atoms with van der Waals surface area (Å²) in [5.41, 5.74) is 0.633. The number of methoxy groups -OCH3 is 1. The zero-order valence-electron chi connectivity index (χ0n) is 12.6. The molecule has 1 rings (SSSR count). The molecule has 0 aromatic heterocycles. The van der Waals surface area contributed by atoms with Gasteiger partial charge in [0.25, 0.3) is 0 Å². The van der Waals surface area contributed by atoms with Gasteiger partial charge in [-0.3, -0.25) is 4.79 Å². The normalized spacial score (nSPS) is 10.1. The lowest BCUT2D eigenvalue weighted by Crippen LogP contribution is -2.32. The number of alkyl carbamates (subject to hydrolysis) is 1. The summed E-state index contributed by atoms with van der Waals surface area (Å²) < 4.78 is 10.2. The largest absolute Gasteiger partial charge is 0.496 e. The minimum absolute atomic E-state index is 0.173. The van der Waals surface area contributed by atoms with Crippen LogP contribution in [0.1, 0.15) is 36.7 Å². The van der Waals surface area contributed by atoms with Gasteiger partial charge in [-0.15, -0.1) is 0 Å². The lowest BCUT2D eigenvalue weighted by Gasteiger charge is -2.19. The number of ether oxygens (including phenoxy) is 2.